The van der Waals surface area contributed by atoms with Crippen LogP contribution in [0.4, 0.5) is 8.78 Å². The molecule has 0 saturated carbocycles. The molecule has 1 aromatic carbocycles. The number of thiazole rings is 1. The second-order valence-corrected chi connectivity index (χ2v) is 7.19. The Kier molecular flexibility index (Phi) is 5.61. The third kappa shape index (κ3) is 4.24. The Balaban J connectivity index is 1.70. The lowest BCUT2D eigenvalue weighted by Crippen LogP contribution is -2.39. The fraction of sp³-hybridized carbons (Fsp3) is 0.389. The van der Waals surface area contributed by atoms with E-state index in [1.165, 1.54) is 18.3 Å². The summed E-state index contributed by atoms with van der Waals surface area (Å²) in [5.41, 5.74) is 0.538. The van der Waals surface area contributed by atoms with Gasteiger partial charge in [0.05, 0.1) is 22.8 Å². The highest BCUT2D eigenvalue weighted by Gasteiger charge is 2.28. The van der Waals surface area contributed by atoms with Crippen molar-refractivity contribution in [3.05, 3.63) is 51.5 Å². The van der Waals surface area contributed by atoms with Gasteiger partial charge in [-0.3, -0.25) is 9.59 Å². The van der Waals surface area contributed by atoms with Crippen molar-refractivity contribution in [2.24, 2.45) is 0 Å². The Labute approximate surface area is 154 Å². The number of benzene rings is 1. The highest BCUT2D eigenvalue weighted by atomic mass is 32.1. The number of likely N-dealkylation sites (tertiary alicyclic amines) is 1. The van der Waals surface area contributed by atoms with Gasteiger partial charge in [-0.15, -0.1) is 11.3 Å². The van der Waals surface area contributed by atoms with Crippen LogP contribution in [0.5, 0.6) is 0 Å². The molecular weight excluding hydrogens is 360 g/mol. The van der Waals surface area contributed by atoms with Gasteiger partial charge in [0.15, 0.2) is 0 Å². The third-order valence-corrected chi connectivity index (χ3v) is 5.36. The largest absolute Gasteiger partial charge is 0.351 e. The second-order valence-electron chi connectivity index (χ2n) is 6.30. The molecule has 0 aliphatic carbocycles. The van der Waals surface area contributed by atoms with Crippen molar-refractivity contribution in [3.63, 3.8) is 0 Å². The van der Waals surface area contributed by atoms with Gasteiger partial charge in [0.1, 0.15) is 11.6 Å². The van der Waals surface area contributed by atoms with E-state index in [1.54, 1.807) is 4.90 Å². The molecule has 3 rings (SSSR count). The number of carbonyl (C=O) groups is 2. The molecule has 1 aliphatic rings. The van der Waals surface area contributed by atoms with Gasteiger partial charge in [-0.25, -0.2) is 13.8 Å². The molecular formula is C18H19F2N3O2S. The highest BCUT2D eigenvalue weighted by Crippen LogP contribution is 2.30. The van der Waals surface area contributed by atoms with Crippen molar-refractivity contribution in [2.75, 3.05) is 13.1 Å². The molecule has 1 aromatic heterocycles. The lowest BCUT2D eigenvalue weighted by molar-refractivity contribution is -0.119. The van der Waals surface area contributed by atoms with Gasteiger partial charge < -0.3 is 10.2 Å². The summed E-state index contributed by atoms with van der Waals surface area (Å²) in [6, 6.07) is 2.91. The van der Waals surface area contributed by atoms with Gasteiger partial charge in [-0.05, 0) is 31.0 Å². The molecule has 1 aliphatic heterocycles. The van der Waals surface area contributed by atoms with Crippen LogP contribution in [0.2, 0.25) is 0 Å². The third-order valence-electron chi connectivity index (χ3n) is 4.30. The summed E-state index contributed by atoms with van der Waals surface area (Å²) < 4.78 is 27.3. The van der Waals surface area contributed by atoms with Crippen molar-refractivity contribution < 1.29 is 18.4 Å². The van der Waals surface area contributed by atoms with Gasteiger partial charge >= 0.3 is 0 Å². The maximum absolute atomic E-state index is 13.9. The van der Waals surface area contributed by atoms with Crippen LogP contribution in [0.25, 0.3) is 0 Å². The summed E-state index contributed by atoms with van der Waals surface area (Å²) in [5.74, 6) is -1.91. The zero-order chi connectivity index (χ0) is 18.7. The van der Waals surface area contributed by atoms with E-state index in [2.05, 4.69) is 10.3 Å². The smallest absolute Gasteiger partial charge is 0.256 e. The van der Waals surface area contributed by atoms with E-state index in [9.17, 15) is 18.4 Å². The van der Waals surface area contributed by atoms with E-state index in [1.807, 2.05) is 5.38 Å². The zero-order valence-electron chi connectivity index (χ0n) is 14.3. The predicted octanol–water partition coefficient (Wildman–Crippen LogP) is 3.08. The number of halogens is 2. The first-order chi connectivity index (χ1) is 12.4. The van der Waals surface area contributed by atoms with Crippen LogP contribution in [0.3, 0.4) is 0 Å². The van der Waals surface area contributed by atoms with Crippen molar-refractivity contribution in [3.8, 4) is 0 Å². The van der Waals surface area contributed by atoms with Crippen LogP contribution >= 0.6 is 11.3 Å². The lowest BCUT2D eigenvalue weighted by atomic mass is 9.98. The number of rotatable bonds is 4. The van der Waals surface area contributed by atoms with Gasteiger partial charge in [0.2, 0.25) is 5.91 Å². The van der Waals surface area contributed by atoms with Gasteiger partial charge in [0, 0.05) is 31.3 Å². The Morgan fingerprint density at radius 2 is 2.19 bits per heavy atom. The SMILES string of the molecule is CC(=O)NCc1csc([C@H]2CCCN(C(=O)c3cc(F)ccc3F)C2)n1. The minimum absolute atomic E-state index is 0.0559. The fourth-order valence-corrected chi connectivity index (χ4v) is 3.95. The number of nitrogens with zero attached hydrogens (tertiary/aromatic N) is 2. The lowest BCUT2D eigenvalue weighted by Gasteiger charge is -2.32. The van der Waals surface area contributed by atoms with E-state index in [0.717, 1.165) is 41.7 Å². The Hall–Kier alpha value is -2.35. The molecule has 1 atom stereocenters. The average Bonchev–Trinajstić information content (AvgIpc) is 3.10. The number of hydrogen-bond acceptors (Lipinski definition) is 4. The molecule has 5 nitrogen and oxygen atoms in total. The normalized spacial score (nSPS) is 17.2. The topological polar surface area (TPSA) is 62.3 Å². The van der Waals surface area contributed by atoms with Gasteiger partial charge in [-0.2, -0.15) is 0 Å². The number of aromatic nitrogens is 1. The summed E-state index contributed by atoms with van der Waals surface area (Å²) >= 11 is 1.49. The molecule has 1 saturated heterocycles. The molecule has 0 unspecified atom stereocenters. The van der Waals surface area contributed by atoms with Crippen molar-refractivity contribution in [1.82, 2.24) is 15.2 Å². The summed E-state index contributed by atoms with van der Waals surface area (Å²) in [5, 5.41) is 5.48. The Morgan fingerprint density at radius 3 is 2.96 bits per heavy atom. The van der Waals surface area contributed by atoms with E-state index >= 15 is 0 Å². The number of hydrogen-bond donors (Lipinski definition) is 1. The minimum atomic E-state index is -0.717. The fourth-order valence-electron chi connectivity index (χ4n) is 3.00. The Morgan fingerprint density at radius 1 is 1.38 bits per heavy atom. The van der Waals surface area contributed by atoms with Crippen molar-refractivity contribution in [2.45, 2.75) is 32.2 Å². The minimum Gasteiger partial charge on any atom is -0.351 e. The average molecular weight is 379 g/mol. The van der Waals surface area contributed by atoms with Crippen LogP contribution in [0.15, 0.2) is 23.6 Å². The van der Waals surface area contributed by atoms with E-state index < -0.39 is 17.5 Å². The summed E-state index contributed by atoms with van der Waals surface area (Å²) in [6.45, 7) is 2.75. The number of amides is 2. The van der Waals surface area contributed by atoms with Crippen LogP contribution in [-0.2, 0) is 11.3 Å². The number of carbonyl (C=O) groups excluding carboxylic acids is 2. The van der Waals surface area contributed by atoms with Crippen LogP contribution < -0.4 is 5.32 Å². The van der Waals surface area contributed by atoms with Crippen molar-refractivity contribution >= 4 is 23.2 Å². The van der Waals surface area contributed by atoms with E-state index in [4.69, 9.17) is 0 Å². The first kappa shape index (κ1) is 18.4. The van der Waals surface area contributed by atoms with Crippen molar-refractivity contribution in [1.29, 1.82) is 0 Å². The number of nitrogens with one attached hydrogen (secondary N) is 1. The molecule has 0 spiro atoms. The molecule has 8 heteroatoms. The van der Waals surface area contributed by atoms with Crippen LogP contribution in [-0.4, -0.2) is 34.8 Å². The van der Waals surface area contributed by atoms with E-state index in [-0.39, 0.29) is 17.4 Å². The molecule has 0 bridgehead atoms. The van der Waals surface area contributed by atoms with E-state index in [0.29, 0.717) is 19.6 Å². The van der Waals surface area contributed by atoms with Crippen LogP contribution in [0, 0.1) is 11.6 Å². The molecule has 1 N–H and O–H groups in total. The Bertz CT molecular complexity index is 825. The molecule has 2 aromatic rings. The van der Waals surface area contributed by atoms with Gasteiger partial charge in [-0.1, -0.05) is 0 Å². The maximum Gasteiger partial charge on any atom is 0.256 e. The monoisotopic (exact) mass is 379 g/mol. The standard InChI is InChI=1S/C18H19F2N3O2S/c1-11(24)21-8-14-10-26-17(22-14)12-3-2-6-23(9-12)18(25)15-7-13(19)4-5-16(15)20/h4-5,7,10,12H,2-3,6,8-9H2,1H3,(H,21,24)/t12-/m0/s1. The number of piperidine rings is 1. The summed E-state index contributed by atoms with van der Waals surface area (Å²) in [7, 11) is 0. The zero-order valence-corrected chi connectivity index (χ0v) is 15.1. The predicted molar refractivity (Wildman–Crippen MR) is 93.9 cm³/mol. The molecule has 138 valence electrons. The first-order valence-electron chi connectivity index (χ1n) is 8.37. The molecule has 1 fully saturated rings. The molecule has 2 amide bonds. The second kappa shape index (κ2) is 7.90. The molecule has 26 heavy (non-hydrogen) atoms. The summed E-state index contributed by atoms with van der Waals surface area (Å²) in [6.07, 6.45) is 1.65. The molecule has 0 radical (unpaired) electrons. The molecule has 2 heterocycles. The van der Waals surface area contributed by atoms with Crippen LogP contribution in [0.1, 0.15) is 46.7 Å². The summed E-state index contributed by atoms with van der Waals surface area (Å²) in [4.78, 5) is 29.7. The first-order valence-corrected chi connectivity index (χ1v) is 9.25. The van der Waals surface area contributed by atoms with Gasteiger partial charge in [0.25, 0.3) is 5.91 Å². The quantitative estimate of drug-likeness (QED) is 0.888. The highest BCUT2D eigenvalue weighted by molar-refractivity contribution is 7.09. The maximum atomic E-state index is 13.9.